The van der Waals surface area contributed by atoms with Gasteiger partial charge in [-0.05, 0) is 29.8 Å². The monoisotopic (exact) mass is 552 g/mol. The Morgan fingerprint density at radius 3 is 2.54 bits per heavy atom. The van der Waals surface area contributed by atoms with Gasteiger partial charge in [0.15, 0.2) is 5.03 Å². The van der Waals surface area contributed by atoms with Crippen LogP contribution in [0.5, 0.6) is 0 Å². The summed E-state index contributed by atoms with van der Waals surface area (Å²) in [5.74, 6) is -0.639. The summed E-state index contributed by atoms with van der Waals surface area (Å²) in [7, 11) is -3.96. The summed E-state index contributed by atoms with van der Waals surface area (Å²) in [4.78, 5) is 44.9. The predicted octanol–water partition coefficient (Wildman–Crippen LogP) is 2.19. The first-order valence-electron chi connectivity index (χ1n) is 12.0. The van der Waals surface area contributed by atoms with Crippen LogP contribution in [-0.2, 0) is 26.2 Å². The van der Waals surface area contributed by atoms with Gasteiger partial charge in [0.1, 0.15) is 6.61 Å². The smallest absolute Gasteiger partial charge is 0.410 e. The van der Waals surface area contributed by atoms with Gasteiger partial charge in [-0.2, -0.15) is 5.26 Å². The van der Waals surface area contributed by atoms with Crippen LogP contribution in [0, 0.1) is 22.7 Å². The molecule has 0 radical (unpaired) electrons. The van der Waals surface area contributed by atoms with Crippen molar-refractivity contribution in [2.45, 2.75) is 32.4 Å². The van der Waals surface area contributed by atoms with Gasteiger partial charge in [-0.3, -0.25) is 9.59 Å². The van der Waals surface area contributed by atoms with Gasteiger partial charge in [-0.15, -0.1) is 0 Å². The molecule has 0 saturated carbocycles. The van der Waals surface area contributed by atoms with E-state index in [2.05, 4.69) is 10.3 Å². The van der Waals surface area contributed by atoms with Crippen LogP contribution >= 0.6 is 0 Å². The highest BCUT2D eigenvalue weighted by Gasteiger charge is 2.38. The predicted molar refractivity (Wildman–Crippen MR) is 139 cm³/mol. The highest BCUT2D eigenvalue weighted by atomic mass is 32.2. The fraction of sp³-hybridized carbons (Fsp3) is 0.346. The lowest BCUT2D eigenvalue weighted by Crippen LogP contribution is -2.33. The summed E-state index contributed by atoms with van der Waals surface area (Å²) in [6.45, 7) is 6.21. The number of likely N-dealkylation sites (tertiary alicyclic amines) is 1. The lowest BCUT2D eigenvalue weighted by Gasteiger charge is -2.21. The molecule has 3 heterocycles. The number of aromatic nitrogens is 1. The van der Waals surface area contributed by atoms with Crippen molar-refractivity contribution < 1.29 is 27.5 Å². The third-order valence-corrected chi connectivity index (χ3v) is 7.22. The fourth-order valence-electron chi connectivity index (χ4n) is 4.16. The SMILES string of the molecule is CC(C)(C)C(=O)Nc1cc(C#N)ccc1COC(=O)N1CC2=CN(C(=O)c3ccc(S(N)(=O)=O)nc3)C[C@H]2C1. The Morgan fingerprint density at radius 1 is 1.21 bits per heavy atom. The molecule has 1 aromatic heterocycles. The van der Waals surface area contributed by atoms with Crippen molar-refractivity contribution in [3.8, 4) is 6.07 Å². The Labute approximate surface area is 226 Å². The third kappa shape index (κ3) is 6.24. The van der Waals surface area contributed by atoms with Crippen molar-refractivity contribution in [1.82, 2.24) is 14.8 Å². The van der Waals surface area contributed by atoms with E-state index in [1.54, 1.807) is 45.2 Å². The summed E-state index contributed by atoms with van der Waals surface area (Å²) >= 11 is 0. The number of fused-ring (bicyclic) bond motifs is 1. The zero-order valence-corrected chi connectivity index (χ0v) is 22.5. The first-order chi connectivity index (χ1) is 18.3. The number of rotatable bonds is 5. The van der Waals surface area contributed by atoms with E-state index >= 15 is 0 Å². The molecule has 13 heteroatoms. The largest absolute Gasteiger partial charge is 0.444 e. The molecule has 2 aromatic rings. The zero-order valence-electron chi connectivity index (χ0n) is 21.7. The first-order valence-corrected chi connectivity index (χ1v) is 13.6. The van der Waals surface area contributed by atoms with Gasteiger partial charge >= 0.3 is 6.09 Å². The van der Waals surface area contributed by atoms with Crippen molar-refractivity contribution in [3.63, 3.8) is 0 Å². The Kier molecular flexibility index (Phi) is 7.45. The summed E-state index contributed by atoms with van der Waals surface area (Å²) < 4.78 is 28.3. The van der Waals surface area contributed by atoms with Gasteiger partial charge in [0, 0.05) is 54.6 Å². The number of nitrogens with one attached hydrogen (secondary N) is 1. The summed E-state index contributed by atoms with van der Waals surface area (Å²) in [5.41, 5.74) is 1.78. The lowest BCUT2D eigenvalue weighted by molar-refractivity contribution is -0.123. The molecule has 0 aliphatic carbocycles. The Bertz CT molecular complexity index is 1500. The number of benzene rings is 1. The number of hydrogen-bond donors (Lipinski definition) is 2. The third-order valence-electron chi connectivity index (χ3n) is 6.39. The fourth-order valence-corrected chi connectivity index (χ4v) is 4.62. The van der Waals surface area contributed by atoms with Crippen LogP contribution in [0.2, 0.25) is 0 Å². The van der Waals surface area contributed by atoms with Crippen molar-refractivity contribution in [2.24, 2.45) is 16.5 Å². The summed E-state index contributed by atoms with van der Waals surface area (Å²) in [6, 6.07) is 9.34. The van der Waals surface area contributed by atoms with Crippen molar-refractivity contribution in [2.75, 3.05) is 25.0 Å². The number of primary sulfonamides is 1. The molecule has 1 aromatic carbocycles. The lowest BCUT2D eigenvalue weighted by atomic mass is 9.95. The van der Waals surface area contributed by atoms with Gasteiger partial charge in [-0.25, -0.2) is 23.3 Å². The minimum Gasteiger partial charge on any atom is -0.444 e. The van der Waals surface area contributed by atoms with E-state index in [-0.39, 0.29) is 41.5 Å². The number of sulfonamides is 1. The Hall–Kier alpha value is -4.28. The van der Waals surface area contributed by atoms with E-state index < -0.39 is 21.5 Å². The number of ether oxygens (including phenoxy) is 1. The Morgan fingerprint density at radius 2 is 1.95 bits per heavy atom. The molecule has 3 amide bonds. The minimum atomic E-state index is -3.96. The number of nitriles is 1. The molecular weight excluding hydrogens is 524 g/mol. The highest BCUT2D eigenvalue weighted by Crippen LogP contribution is 2.31. The number of carbonyl (C=O) groups excluding carboxylic acids is 3. The maximum Gasteiger partial charge on any atom is 0.410 e. The number of anilines is 1. The highest BCUT2D eigenvalue weighted by molar-refractivity contribution is 7.89. The van der Waals surface area contributed by atoms with E-state index in [0.717, 1.165) is 5.57 Å². The van der Waals surface area contributed by atoms with Gasteiger partial charge in [0.2, 0.25) is 5.91 Å². The van der Waals surface area contributed by atoms with Crippen LogP contribution in [0.1, 0.15) is 42.3 Å². The topological polar surface area (TPSA) is 176 Å². The maximum atomic E-state index is 12.8. The normalized spacial score (nSPS) is 16.8. The number of nitrogens with zero attached hydrogens (tertiary/aromatic N) is 4. The van der Waals surface area contributed by atoms with E-state index in [9.17, 15) is 28.1 Å². The first kappa shape index (κ1) is 27.7. The van der Waals surface area contributed by atoms with Gasteiger partial charge in [0.25, 0.3) is 15.9 Å². The quantitative estimate of drug-likeness (QED) is 0.567. The second-order valence-electron chi connectivity index (χ2n) is 10.4. The zero-order chi connectivity index (χ0) is 28.5. The van der Waals surface area contributed by atoms with Crippen molar-refractivity contribution >= 4 is 33.6 Å². The molecule has 0 bridgehead atoms. The number of pyridine rings is 1. The molecule has 1 saturated heterocycles. The van der Waals surface area contributed by atoms with Crippen molar-refractivity contribution in [1.29, 1.82) is 5.26 Å². The summed E-state index contributed by atoms with van der Waals surface area (Å²) in [6.07, 6.45) is 2.32. The molecular formula is C26H28N6O6S. The molecule has 3 N–H and O–H groups in total. The van der Waals surface area contributed by atoms with Crippen LogP contribution in [0.4, 0.5) is 10.5 Å². The summed E-state index contributed by atoms with van der Waals surface area (Å²) in [5, 5.41) is 16.8. The molecule has 204 valence electrons. The molecule has 0 spiro atoms. The second kappa shape index (κ2) is 10.5. The second-order valence-corrected chi connectivity index (χ2v) is 11.9. The van der Waals surface area contributed by atoms with E-state index in [0.29, 0.717) is 29.9 Å². The molecule has 39 heavy (non-hydrogen) atoms. The maximum absolute atomic E-state index is 12.8. The average Bonchev–Trinajstić information content (AvgIpc) is 3.46. The standard InChI is InChI=1S/C26H28N6O6S/c1-26(2,3)24(34)30-21-8-16(9-27)4-5-18(21)15-38-25(35)32-13-19-11-31(12-20(19)14-32)23(33)17-6-7-22(29-10-17)39(28,36)37/h4-8,10-11,20H,12-15H2,1-3H3,(H,30,34)(H2,28,36,37)/t20-/m0/s1. The minimum absolute atomic E-state index is 0.0605. The Balaban J connectivity index is 1.37. The van der Waals surface area contributed by atoms with E-state index in [1.807, 2.05) is 6.07 Å². The van der Waals surface area contributed by atoms with E-state index in [1.165, 1.54) is 28.1 Å². The van der Waals surface area contributed by atoms with Crippen LogP contribution in [0.25, 0.3) is 0 Å². The number of amides is 3. The van der Waals surface area contributed by atoms with Gasteiger partial charge in [0.05, 0.1) is 17.2 Å². The van der Waals surface area contributed by atoms with Crippen LogP contribution in [-0.4, -0.2) is 60.7 Å². The molecule has 2 aliphatic rings. The van der Waals surface area contributed by atoms with Crippen LogP contribution in [0.3, 0.4) is 0 Å². The number of hydrogen-bond acceptors (Lipinski definition) is 8. The molecule has 0 unspecified atom stereocenters. The van der Waals surface area contributed by atoms with E-state index in [4.69, 9.17) is 9.88 Å². The molecule has 1 atom stereocenters. The van der Waals surface area contributed by atoms with Crippen molar-refractivity contribution in [3.05, 3.63) is 65.0 Å². The van der Waals surface area contributed by atoms with Crippen LogP contribution in [0.15, 0.2) is 53.3 Å². The average molecular weight is 553 g/mol. The van der Waals surface area contributed by atoms with Gasteiger partial charge in [-0.1, -0.05) is 26.8 Å². The number of carbonyl (C=O) groups is 3. The molecule has 2 aliphatic heterocycles. The molecule has 4 rings (SSSR count). The van der Waals surface area contributed by atoms with Crippen LogP contribution < -0.4 is 10.5 Å². The number of nitrogens with two attached hydrogens (primary N) is 1. The van der Waals surface area contributed by atoms with Gasteiger partial charge < -0.3 is 19.9 Å². The molecule has 12 nitrogen and oxygen atoms in total. The molecule has 1 fully saturated rings.